The average molecular weight is 925 g/mol. The number of nitrogens with zero attached hydrogens (tertiary/aromatic N) is 3. The maximum atomic E-state index is 16.3. The van der Waals surface area contributed by atoms with E-state index in [0.717, 1.165) is 24.1 Å². The monoisotopic (exact) mass is 924 g/mol. The van der Waals surface area contributed by atoms with E-state index in [9.17, 15) is 24.0 Å². The van der Waals surface area contributed by atoms with E-state index in [1.165, 1.54) is 24.3 Å². The number of esters is 1. The van der Waals surface area contributed by atoms with Gasteiger partial charge < -0.3 is 44.8 Å². The highest BCUT2D eigenvalue weighted by atomic mass is 35.5. The number of hydrogen-bond donors (Lipinski definition) is 3. The van der Waals surface area contributed by atoms with E-state index < -0.39 is 82.9 Å². The normalized spacial score (nSPS) is 23.0. The van der Waals surface area contributed by atoms with Gasteiger partial charge in [-0.2, -0.15) is 0 Å². The summed E-state index contributed by atoms with van der Waals surface area (Å²) in [4.78, 5) is 74.3. The Morgan fingerprint density at radius 2 is 1.74 bits per heavy atom. The van der Waals surface area contributed by atoms with Crippen LogP contribution in [0.2, 0.25) is 0 Å². The second-order valence-corrected chi connectivity index (χ2v) is 18.5. The molecule has 0 radical (unpaired) electrons. The summed E-state index contributed by atoms with van der Waals surface area (Å²) in [6, 6.07) is 9.54. The van der Waals surface area contributed by atoms with E-state index >= 15 is 8.78 Å². The molecule has 2 bridgehead atoms. The van der Waals surface area contributed by atoms with Gasteiger partial charge in [-0.3, -0.25) is 24.3 Å². The summed E-state index contributed by atoms with van der Waals surface area (Å²) in [5, 5.41) is 5.31. The Bertz CT molecular complexity index is 2310. The molecule has 6 atom stereocenters. The maximum absolute atomic E-state index is 16.3. The van der Waals surface area contributed by atoms with Crippen LogP contribution >= 0.6 is 12.4 Å². The van der Waals surface area contributed by atoms with E-state index in [4.69, 9.17) is 29.3 Å². The molecule has 1 aromatic heterocycles. The van der Waals surface area contributed by atoms with E-state index in [2.05, 4.69) is 29.5 Å². The molecule has 2 aromatic carbocycles. The number of carbonyl (C=O) groups excluding carboxylic acids is 5. The largest absolute Gasteiger partial charge is 0.495 e. The quantitative estimate of drug-likeness (QED) is 0.115. The molecule has 20 heteroatoms. The van der Waals surface area contributed by atoms with Crippen molar-refractivity contribution in [1.29, 1.82) is 0 Å². The summed E-state index contributed by atoms with van der Waals surface area (Å²) < 4.78 is 62.1. The Kier molecular flexibility index (Phi) is 14.5. The van der Waals surface area contributed by atoms with Crippen molar-refractivity contribution >= 4 is 49.2 Å². The zero-order chi connectivity index (χ0) is 46.3. The Morgan fingerprint density at radius 3 is 2.38 bits per heavy atom. The van der Waals surface area contributed by atoms with Gasteiger partial charge in [-0.15, -0.1) is 12.4 Å². The van der Waals surface area contributed by atoms with Gasteiger partial charge in [0.05, 0.1) is 31.0 Å². The average Bonchev–Trinajstić information content (AvgIpc) is 3.61. The number of halogens is 3. The van der Waals surface area contributed by atoms with Gasteiger partial charge in [0.2, 0.25) is 5.91 Å². The summed E-state index contributed by atoms with van der Waals surface area (Å²) in [7, 11) is 0.120. The van der Waals surface area contributed by atoms with Crippen LogP contribution in [0.3, 0.4) is 0 Å². The van der Waals surface area contributed by atoms with Gasteiger partial charge in [-0.05, 0) is 81.4 Å². The fraction of sp³-hybridized carbons (Fsp3) is 0.511. The zero-order valence-corrected chi connectivity index (χ0v) is 38.3. The van der Waals surface area contributed by atoms with Crippen LogP contribution in [-0.2, 0) is 41.5 Å². The molecule has 1 unspecified atom stereocenters. The number of methoxy groups -OCH3 is 1. The maximum Gasteiger partial charge on any atom is 0.482 e. The first-order valence-corrected chi connectivity index (χ1v) is 21.4. The van der Waals surface area contributed by atoms with Gasteiger partial charge in [0.15, 0.2) is 11.9 Å². The minimum atomic E-state index is -1.92. The van der Waals surface area contributed by atoms with Crippen LogP contribution in [0.4, 0.5) is 13.6 Å². The van der Waals surface area contributed by atoms with E-state index in [-0.39, 0.29) is 86.1 Å². The van der Waals surface area contributed by atoms with Crippen molar-refractivity contribution in [3.63, 3.8) is 0 Å². The molecule has 3 aliphatic carbocycles. The highest BCUT2D eigenvalue weighted by Crippen LogP contribution is 2.65. The Hall–Kier alpha value is -5.37. The summed E-state index contributed by atoms with van der Waals surface area (Å²) in [5.74, 6) is -6.84. The summed E-state index contributed by atoms with van der Waals surface area (Å²) in [6.07, 6.45) is 2.26. The van der Waals surface area contributed by atoms with Crippen LogP contribution in [0.1, 0.15) is 87.6 Å². The fourth-order valence-electron chi connectivity index (χ4n) is 9.46. The summed E-state index contributed by atoms with van der Waals surface area (Å²) in [6.45, 7) is 11.3. The lowest BCUT2D eigenvalue weighted by Crippen LogP contribution is -2.65. The predicted molar refractivity (Wildman–Crippen MR) is 235 cm³/mol. The van der Waals surface area contributed by atoms with Gasteiger partial charge >= 0.3 is 30.9 Å². The number of urea groups is 1. The Morgan fingerprint density at radius 1 is 1.02 bits per heavy atom. The van der Waals surface area contributed by atoms with Crippen molar-refractivity contribution < 1.29 is 56.3 Å². The molecule has 4 N–H and O–H groups in total. The van der Waals surface area contributed by atoms with Crippen LogP contribution < -0.4 is 25.8 Å². The van der Waals surface area contributed by atoms with Gasteiger partial charge in [-0.25, -0.2) is 18.4 Å². The number of imide groups is 1. The number of nitrogens with one attached hydrogen (secondary N) is 2. The van der Waals surface area contributed by atoms with Crippen molar-refractivity contribution in [2.45, 2.75) is 96.7 Å². The molecular formula is C45H56BClF2N6O10. The van der Waals surface area contributed by atoms with E-state index in [0.29, 0.717) is 17.2 Å². The summed E-state index contributed by atoms with van der Waals surface area (Å²) in [5.41, 5.74) is 3.87. The standard InChI is InChI=1S/C45H55BF2N6O10.ClH/c1-43(2,3)62-41(58)34-29(47)14-13-26(37(34)60-7)19-33(46-63-32-21-27-20-31(44(27,4)5)45(32,6)64-46)51-38(55)36(52-42(59)54-18-17-53(16-15-49)39(56)40(54)57)35-30(48)22-28(23-50-35)61-24-25-11-9-8-10-12-25;/h8-14,22-23,27,31-33,36H,15-21,24,49H2,1-7H3,(H,51,55)(H,52,59);1H/t27-,31-,32+,33-,36?,45-;/m0./s1. The highest BCUT2D eigenvalue weighted by Gasteiger charge is 2.68. The second kappa shape index (κ2) is 19.2. The molecule has 3 saturated carbocycles. The third-order valence-corrected chi connectivity index (χ3v) is 12.9. The molecular weight excluding hydrogens is 869 g/mol. The van der Waals surface area contributed by atoms with E-state index in [1.54, 1.807) is 20.8 Å². The molecule has 0 spiro atoms. The topological polar surface area (TPSA) is 201 Å². The number of ether oxygens (including phenoxy) is 3. The molecule has 2 saturated heterocycles. The van der Waals surface area contributed by atoms with E-state index in [1.807, 2.05) is 37.3 Å². The first kappa shape index (κ1) is 49.1. The van der Waals surface area contributed by atoms with Crippen LogP contribution in [0.5, 0.6) is 11.5 Å². The number of aromatic nitrogens is 1. The van der Waals surface area contributed by atoms with Gasteiger partial charge in [-0.1, -0.05) is 50.2 Å². The number of nitrogens with two attached hydrogens (primary N) is 1. The number of amides is 5. The molecule has 350 valence electrons. The number of hydrogen-bond acceptors (Lipinski definition) is 12. The molecule has 5 amide bonds. The number of pyridine rings is 1. The third kappa shape index (κ3) is 9.93. The lowest BCUT2D eigenvalue weighted by Gasteiger charge is -2.64. The van der Waals surface area contributed by atoms with Crippen molar-refractivity contribution in [1.82, 2.24) is 25.4 Å². The molecule has 16 nitrogen and oxygen atoms in total. The van der Waals surface area contributed by atoms with Crippen LogP contribution in [0.15, 0.2) is 54.7 Å². The molecule has 5 fully saturated rings. The fourth-order valence-corrected chi connectivity index (χ4v) is 9.46. The van der Waals surface area contributed by atoms with Gasteiger partial charge in [0.1, 0.15) is 40.8 Å². The second-order valence-electron chi connectivity index (χ2n) is 18.5. The number of piperazine rings is 1. The highest BCUT2D eigenvalue weighted by molar-refractivity contribution is 6.48. The SMILES string of the molecule is COc1c(C[C@H](NC(=O)C(NC(=O)N2CCN(CCN)C(=O)C2=O)c2ncc(OCc3ccccc3)cc2F)B2O[C@@H]3C[C@@H]4C[C@@H](C4(C)C)[C@]3(C)O2)ccc(F)c1C(=O)OC(C)(C)C.Cl. The number of carbonyl (C=O) groups is 5. The Labute approximate surface area is 383 Å². The lowest BCUT2D eigenvalue weighted by molar-refractivity contribution is -0.199. The van der Waals surface area contributed by atoms with Crippen LogP contribution in [-0.4, -0.2) is 108 Å². The zero-order valence-electron chi connectivity index (χ0n) is 37.5. The van der Waals surface area contributed by atoms with Crippen LogP contribution in [0.25, 0.3) is 0 Å². The van der Waals surface area contributed by atoms with Crippen LogP contribution in [0, 0.1) is 28.9 Å². The molecule has 3 heterocycles. The van der Waals surface area contributed by atoms with Crippen molar-refractivity contribution in [2.24, 2.45) is 23.0 Å². The van der Waals surface area contributed by atoms with Gasteiger partial charge in [0.25, 0.3) is 0 Å². The first-order chi connectivity index (χ1) is 30.2. The predicted octanol–water partition coefficient (Wildman–Crippen LogP) is 4.70. The molecule has 8 rings (SSSR count). The molecule has 3 aromatic rings. The third-order valence-electron chi connectivity index (χ3n) is 12.9. The minimum absolute atomic E-state index is 0. The number of rotatable bonds is 14. The Balaban J connectivity index is 0.00000700. The molecule has 65 heavy (non-hydrogen) atoms. The first-order valence-electron chi connectivity index (χ1n) is 21.4. The van der Waals surface area contributed by atoms with Gasteiger partial charge in [0, 0.05) is 32.2 Å². The lowest BCUT2D eigenvalue weighted by atomic mass is 9.43. The van der Waals surface area contributed by atoms with Crippen molar-refractivity contribution in [2.75, 3.05) is 33.3 Å². The summed E-state index contributed by atoms with van der Waals surface area (Å²) >= 11 is 0. The van der Waals surface area contributed by atoms with Crippen molar-refractivity contribution in [3.8, 4) is 11.5 Å². The molecule has 5 aliphatic rings. The van der Waals surface area contributed by atoms with Crippen molar-refractivity contribution in [3.05, 3.63) is 88.7 Å². The molecule has 2 aliphatic heterocycles. The number of benzene rings is 2. The smallest absolute Gasteiger partial charge is 0.482 e. The minimum Gasteiger partial charge on any atom is -0.495 e.